The highest BCUT2D eigenvalue weighted by atomic mass is 35.5. The van der Waals surface area contributed by atoms with Crippen molar-refractivity contribution in [1.82, 2.24) is 9.88 Å². The quantitative estimate of drug-likeness (QED) is 0.795. The van der Waals surface area contributed by atoms with Gasteiger partial charge in [0, 0.05) is 29.1 Å². The zero-order valence-electron chi connectivity index (χ0n) is 11.9. The van der Waals surface area contributed by atoms with Crippen LogP contribution in [0, 0.1) is 0 Å². The van der Waals surface area contributed by atoms with Crippen molar-refractivity contribution in [3.8, 4) is 10.6 Å². The van der Waals surface area contributed by atoms with Gasteiger partial charge in [-0.25, -0.2) is 4.98 Å². The van der Waals surface area contributed by atoms with Gasteiger partial charge in [-0.05, 0) is 31.9 Å². The topological polar surface area (TPSA) is 33.2 Å². The van der Waals surface area contributed by atoms with Crippen LogP contribution in [0.5, 0.6) is 0 Å². The molecular weight excluding hydrogens is 304 g/mol. The van der Waals surface area contributed by atoms with Crippen LogP contribution in [0.25, 0.3) is 10.6 Å². The summed E-state index contributed by atoms with van der Waals surface area (Å²) in [4.78, 5) is 18.9. The first-order valence-corrected chi connectivity index (χ1v) is 8.52. The molecule has 3 nitrogen and oxygen atoms in total. The van der Waals surface area contributed by atoms with Crippen molar-refractivity contribution in [2.45, 2.75) is 31.7 Å². The fraction of sp³-hybridized carbons (Fsp3) is 0.375. The SMILES string of the molecule is CC1CCCN1C(=O)c1ccc(-c2nc(CCl)cs2)cc1. The van der Waals surface area contributed by atoms with Crippen LogP contribution in [0.15, 0.2) is 29.6 Å². The molecule has 1 aromatic carbocycles. The Hall–Kier alpha value is -1.39. The third-order valence-electron chi connectivity index (χ3n) is 3.88. The first-order valence-electron chi connectivity index (χ1n) is 7.11. The number of thiazole rings is 1. The van der Waals surface area contributed by atoms with Gasteiger partial charge in [0.05, 0.1) is 11.6 Å². The van der Waals surface area contributed by atoms with E-state index in [1.165, 1.54) is 0 Å². The first-order chi connectivity index (χ1) is 10.2. The summed E-state index contributed by atoms with van der Waals surface area (Å²) in [6.07, 6.45) is 2.20. The Balaban J connectivity index is 1.79. The highest BCUT2D eigenvalue weighted by Crippen LogP contribution is 2.26. The average Bonchev–Trinajstić information content (AvgIpc) is 3.15. The second-order valence-electron chi connectivity index (χ2n) is 5.34. The molecule has 0 bridgehead atoms. The number of carbonyl (C=O) groups is 1. The van der Waals surface area contributed by atoms with Gasteiger partial charge in [-0.1, -0.05) is 12.1 Å². The van der Waals surface area contributed by atoms with Crippen LogP contribution in [0.1, 0.15) is 35.8 Å². The molecule has 1 saturated heterocycles. The summed E-state index contributed by atoms with van der Waals surface area (Å²) in [6.45, 7) is 2.98. The van der Waals surface area contributed by atoms with Crippen molar-refractivity contribution in [1.29, 1.82) is 0 Å². The predicted molar refractivity (Wildman–Crippen MR) is 86.8 cm³/mol. The molecule has 0 spiro atoms. The summed E-state index contributed by atoms with van der Waals surface area (Å²) in [7, 11) is 0. The highest BCUT2D eigenvalue weighted by molar-refractivity contribution is 7.13. The molecule has 1 atom stereocenters. The van der Waals surface area contributed by atoms with Gasteiger partial charge in [-0.15, -0.1) is 22.9 Å². The van der Waals surface area contributed by atoms with Crippen molar-refractivity contribution in [2.24, 2.45) is 0 Å². The third kappa shape index (κ3) is 2.97. The van der Waals surface area contributed by atoms with Crippen LogP contribution in [0.2, 0.25) is 0 Å². The van der Waals surface area contributed by atoms with Gasteiger partial charge in [-0.2, -0.15) is 0 Å². The van der Waals surface area contributed by atoms with E-state index in [9.17, 15) is 4.79 Å². The molecule has 21 heavy (non-hydrogen) atoms. The maximum atomic E-state index is 12.5. The molecule has 2 heterocycles. The van der Waals surface area contributed by atoms with Gasteiger partial charge in [0.15, 0.2) is 0 Å². The molecule has 0 saturated carbocycles. The van der Waals surface area contributed by atoms with Gasteiger partial charge in [0.25, 0.3) is 5.91 Å². The molecule has 1 aromatic heterocycles. The van der Waals surface area contributed by atoms with E-state index in [1.54, 1.807) is 11.3 Å². The smallest absolute Gasteiger partial charge is 0.254 e. The molecule has 3 rings (SSSR count). The fourth-order valence-electron chi connectivity index (χ4n) is 2.66. The fourth-order valence-corrected chi connectivity index (χ4v) is 3.71. The molecule has 1 fully saturated rings. The molecule has 1 unspecified atom stereocenters. The van der Waals surface area contributed by atoms with Gasteiger partial charge < -0.3 is 4.90 Å². The van der Waals surface area contributed by atoms with Crippen molar-refractivity contribution >= 4 is 28.8 Å². The standard InChI is InChI=1S/C16H17ClN2OS/c1-11-3-2-8-19(11)16(20)13-6-4-12(5-7-13)15-18-14(9-17)10-21-15/h4-7,10-11H,2-3,8-9H2,1H3. The Morgan fingerprint density at radius 1 is 1.43 bits per heavy atom. The summed E-state index contributed by atoms with van der Waals surface area (Å²) in [5, 5.41) is 2.91. The summed E-state index contributed by atoms with van der Waals surface area (Å²) in [6, 6.07) is 8.06. The molecule has 0 radical (unpaired) electrons. The molecule has 1 aliphatic heterocycles. The number of halogens is 1. The molecular formula is C16H17ClN2OS. The van der Waals surface area contributed by atoms with Gasteiger partial charge in [-0.3, -0.25) is 4.79 Å². The van der Waals surface area contributed by atoms with Gasteiger partial charge in [0.1, 0.15) is 5.01 Å². The summed E-state index contributed by atoms with van der Waals surface area (Å²) < 4.78 is 0. The van der Waals surface area contributed by atoms with E-state index in [-0.39, 0.29) is 5.91 Å². The summed E-state index contributed by atoms with van der Waals surface area (Å²) >= 11 is 7.35. The lowest BCUT2D eigenvalue weighted by atomic mass is 10.1. The Kier molecular flexibility index (Phi) is 4.27. The molecule has 5 heteroatoms. The minimum atomic E-state index is 0.132. The van der Waals surface area contributed by atoms with Crippen LogP contribution in [0.3, 0.4) is 0 Å². The van der Waals surface area contributed by atoms with Crippen molar-refractivity contribution < 1.29 is 4.79 Å². The van der Waals surface area contributed by atoms with Crippen molar-refractivity contribution in [2.75, 3.05) is 6.54 Å². The van der Waals surface area contributed by atoms with Crippen LogP contribution in [-0.2, 0) is 5.88 Å². The number of alkyl halides is 1. The lowest BCUT2D eigenvalue weighted by Crippen LogP contribution is -2.33. The number of rotatable bonds is 3. The summed E-state index contributed by atoms with van der Waals surface area (Å²) in [5.41, 5.74) is 2.67. The normalized spacial score (nSPS) is 18.2. The number of benzene rings is 1. The molecule has 0 N–H and O–H groups in total. The number of hydrogen-bond donors (Lipinski definition) is 0. The van der Waals surface area contributed by atoms with Crippen molar-refractivity contribution in [3.63, 3.8) is 0 Å². The van der Waals surface area contributed by atoms with E-state index < -0.39 is 0 Å². The first kappa shape index (κ1) is 14.5. The number of aromatic nitrogens is 1. The Morgan fingerprint density at radius 3 is 2.76 bits per heavy atom. The Morgan fingerprint density at radius 2 is 2.19 bits per heavy atom. The highest BCUT2D eigenvalue weighted by Gasteiger charge is 2.25. The van der Waals surface area contributed by atoms with Crippen LogP contribution in [0.4, 0.5) is 0 Å². The second kappa shape index (κ2) is 6.16. The minimum Gasteiger partial charge on any atom is -0.336 e. The molecule has 1 amide bonds. The molecule has 2 aromatic rings. The Labute approximate surface area is 133 Å². The van der Waals surface area contributed by atoms with Crippen LogP contribution in [-0.4, -0.2) is 28.4 Å². The lowest BCUT2D eigenvalue weighted by Gasteiger charge is -2.21. The van der Waals surface area contributed by atoms with E-state index in [0.717, 1.165) is 41.2 Å². The summed E-state index contributed by atoms with van der Waals surface area (Å²) in [5.74, 6) is 0.562. The number of carbonyl (C=O) groups excluding carboxylic acids is 1. The number of likely N-dealkylation sites (tertiary alicyclic amines) is 1. The average molecular weight is 321 g/mol. The monoisotopic (exact) mass is 320 g/mol. The Bertz CT molecular complexity index is 638. The number of amides is 1. The van der Waals surface area contributed by atoms with E-state index >= 15 is 0 Å². The number of hydrogen-bond acceptors (Lipinski definition) is 3. The van der Waals surface area contributed by atoms with Crippen LogP contribution < -0.4 is 0 Å². The molecule has 0 aliphatic carbocycles. The van der Waals surface area contributed by atoms with Gasteiger partial charge in [0.2, 0.25) is 0 Å². The molecule has 1 aliphatic rings. The maximum absolute atomic E-state index is 12.5. The van der Waals surface area contributed by atoms with E-state index in [4.69, 9.17) is 11.6 Å². The predicted octanol–water partition coefficient (Wildman–Crippen LogP) is 4.17. The minimum absolute atomic E-state index is 0.132. The zero-order chi connectivity index (χ0) is 14.8. The maximum Gasteiger partial charge on any atom is 0.254 e. The van der Waals surface area contributed by atoms with Gasteiger partial charge >= 0.3 is 0 Å². The van der Waals surface area contributed by atoms with E-state index in [2.05, 4.69) is 11.9 Å². The van der Waals surface area contributed by atoms with Crippen LogP contribution >= 0.6 is 22.9 Å². The van der Waals surface area contributed by atoms with E-state index in [0.29, 0.717) is 11.9 Å². The zero-order valence-corrected chi connectivity index (χ0v) is 13.5. The molecule has 110 valence electrons. The third-order valence-corrected chi connectivity index (χ3v) is 5.10. The number of nitrogens with zero attached hydrogens (tertiary/aromatic N) is 2. The van der Waals surface area contributed by atoms with Crippen molar-refractivity contribution in [3.05, 3.63) is 40.9 Å². The lowest BCUT2D eigenvalue weighted by molar-refractivity contribution is 0.0747. The largest absolute Gasteiger partial charge is 0.336 e. The van der Waals surface area contributed by atoms with E-state index in [1.807, 2.05) is 34.5 Å². The second-order valence-corrected chi connectivity index (χ2v) is 6.47.